The van der Waals surface area contributed by atoms with Crippen molar-refractivity contribution < 1.29 is 78.2 Å². The lowest BCUT2D eigenvalue weighted by Gasteiger charge is -2.42. The van der Waals surface area contributed by atoms with Gasteiger partial charge >= 0.3 is 12.2 Å². The lowest BCUT2D eigenvalue weighted by Crippen LogP contribution is -2.64. The maximum atomic E-state index is 11.9. The quantitative estimate of drug-likeness (QED) is 0.0444. The molecule has 4 unspecified atom stereocenters. The monoisotopic (exact) mass is 734 g/mol. The molecule has 0 saturated carbocycles. The van der Waals surface area contributed by atoms with Crippen molar-refractivity contribution in [3.63, 3.8) is 0 Å². The van der Waals surface area contributed by atoms with Crippen LogP contribution < -0.4 is 21.3 Å². The molecule has 48 heavy (non-hydrogen) atoms. The van der Waals surface area contributed by atoms with Gasteiger partial charge in [0.25, 0.3) is 0 Å². The molecule has 10 atom stereocenters. The molecule has 0 radical (unpaired) electrons. The molecule has 2 aliphatic heterocycles. The summed E-state index contributed by atoms with van der Waals surface area (Å²) in [5, 5.41) is 69.2. The van der Waals surface area contributed by atoms with Crippen LogP contribution in [0.1, 0.15) is 13.8 Å². The minimum atomic E-state index is -1.45. The summed E-state index contributed by atoms with van der Waals surface area (Å²) in [4.78, 5) is 46.7. The predicted octanol–water partition coefficient (Wildman–Crippen LogP) is -4.26. The van der Waals surface area contributed by atoms with Crippen LogP contribution in [0.2, 0.25) is 0 Å². The Morgan fingerprint density at radius 2 is 1.00 bits per heavy atom. The molecule has 2 rings (SSSR count). The van der Waals surface area contributed by atoms with E-state index in [1.165, 1.54) is 35.4 Å². The number of hydrogen-bond acceptors (Lipinski definition) is 18. The second-order valence-corrected chi connectivity index (χ2v) is 13.1. The zero-order valence-corrected chi connectivity index (χ0v) is 28.1. The lowest BCUT2D eigenvalue weighted by molar-refractivity contribution is -0.271. The van der Waals surface area contributed by atoms with Gasteiger partial charge < -0.3 is 80.3 Å². The van der Waals surface area contributed by atoms with E-state index in [9.17, 15) is 49.8 Å². The van der Waals surface area contributed by atoms with Crippen LogP contribution in [0.4, 0.5) is 9.59 Å². The highest BCUT2D eigenvalue weighted by Gasteiger charge is 2.46. The fourth-order valence-electron chi connectivity index (χ4n) is 4.43. The summed E-state index contributed by atoms with van der Waals surface area (Å²) in [6, 6.07) is -2.21. The van der Waals surface area contributed by atoms with Gasteiger partial charge in [-0.25, -0.2) is 9.59 Å². The van der Waals surface area contributed by atoms with Gasteiger partial charge in [-0.15, -0.1) is 0 Å². The van der Waals surface area contributed by atoms with E-state index in [-0.39, 0.29) is 39.5 Å². The van der Waals surface area contributed by atoms with Crippen molar-refractivity contribution in [2.24, 2.45) is 0 Å². The fourth-order valence-corrected chi connectivity index (χ4v) is 6.25. The third kappa shape index (κ3) is 14.3. The number of amides is 4. The fraction of sp³-hybridized carbons (Fsp3) is 0.846. The Morgan fingerprint density at radius 3 is 1.33 bits per heavy atom. The molecule has 2 saturated heterocycles. The largest absolute Gasteiger partial charge is 0.447 e. The molecule has 22 heteroatoms. The van der Waals surface area contributed by atoms with Crippen molar-refractivity contribution in [2.45, 2.75) is 75.1 Å². The number of carbonyl (C=O) groups excluding carboxylic acids is 4. The van der Waals surface area contributed by atoms with Crippen LogP contribution in [0, 0.1) is 0 Å². The maximum Gasteiger partial charge on any atom is 0.407 e. The van der Waals surface area contributed by atoms with Crippen LogP contribution >= 0.6 is 21.6 Å². The minimum absolute atomic E-state index is 0.156. The van der Waals surface area contributed by atoms with E-state index < -0.39 is 98.5 Å². The average Bonchev–Trinajstić information content (AvgIpc) is 3.04. The van der Waals surface area contributed by atoms with E-state index in [0.717, 1.165) is 0 Å². The summed E-state index contributed by atoms with van der Waals surface area (Å²) in [5.74, 6) is 0.0665. The lowest BCUT2D eigenvalue weighted by atomic mass is 9.97. The second-order valence-electron chi connectivity index (χ2n) is 10.4. The summed E-state index contributed by atoms with van der Waals surface area (Å²) in [7, 11) is 2.88. The van der Waals surface area contributed by atoms with E-state index >= 15 is 0 Å². The molecule has 0 aromatic carbocycles. The number of aliphatic hydroxyl groups excluding tert-OH is 6. The molecular weight excluding hydrogens is 688 g/mol. The highest BCUT2D eigenvalue weighted by atomic mass is 33.1. The number of aliphatic hydroxyl groups is 6. The van der Waals surface area contributed by atoms with Gasteiger partial charge in [-0.3, -0.25) is 9.59 Å². The average molecular weight is 735 g/mol. The summed E-state index contributed by atoms with van der Waals surface area (Å²) >= 11 is 0. The Balaban J connectivity index is 1.50. The summed E-state index contributed by atoms with van der Waals surface area (Å²) in [5.41, 5.74) is 0. The number of carbonyl (C=O) groups is 4. The van der Waals surface area contributed by atoms with Gasteiger partial charge in [-0.1, -0.05) is 21.6 Å². The first-order chi connectivity index (χ1) is 22.9. The van der Waals surface area contributed by atoms with E-state index in [4.69, 9.17) is 28.4 Å². The predicted molar refractivity (Wildman–Crippen MR) is 166 cm³/mol. The van der Waals surface area contributed by atoms with Crippen LogP contribution in [0.3, 0.4) is 0 Å². The van der Waals surface area contributed by atoms with Crippen LogP contribution in [0.25, 0.3) is 0 Å². The van der Waals surface area contributed by atoms with Gasteiger partial charge in [0.2, 0.25) is 11.8 Å². The molecule has 0 aliphatic carbocycles. The first kappa shape index (κ1) is 41.9. The number of nitrogens with one attached hydrogen (secondary N) is 4. The van der Waals surface area contributed by atoms with Crippen molar-refractivity contribution in [1.82, 2.24) is 21.3 Å². The zero-order chi connectivity index (χ0) is 35.6. The van der Waals surface area contributed by atoms with Crippen molar-refractivity contribution in [1.29, 1.82) is 0 Å². The normalized spacial score (nSPS) is 30.2. The van der Waals surface area contributed by atoms with Crippen molar-refractivity contribution >= 4 is 45.6 Å². The molecule has 2 fully saturated rings. The molecule has 278 valence electrons. The van der Waals surface area contributed by atoms with Crippen LogP contribution in [0.15, 0.2) is 0 Å². The van der Waals surface area contributed by atoms with E-state index in [1.807, 2.05) is 0 Å². The van der Waals surface area contributed by atoms with Gasteiger partial charge in [0.1, 0.15) is 61.9 Å². The van der Waals surface area contributed by atoms with Crippen molar-refractivity contribution in [2.75, 3.05) is 64.2 Å². The second kappa shape index (κ2) is 22.5. The Hall–Kier alpha value is -2.22. The number of hydrogen-bond donors (Lipinski definition) is 10. The standard InChI is InChI=1S/C26H46N4O16S2/c1-13(33)29-17-21(37)19(35)15(11-31)45-23(17)41-5-7-43-25(39)27-3-9-47-48-10-4-28-26(40)44-8-6-42-24-18(30-14(2)34)22(38)20(36)16(12-32)46-24/h15-24,31-32,35-38H,3-12H2,1-2H3,(H,27,39)(H,28,40)(H,29,33)(H,30,34)/t15?,16?,17?,18?,19-,20-,21+,22+,23+,24+/m0/s1. The Kier molecular flexibility index (Phi) is 19.7. The van der Waals surface area contributed by atoms with Crippen molar-refractivity contribution in [3.8, 4) is 0 Å². The van der Waals surface area contributed by atoms with Gasteiger partial charge in [-0.2, -0.15) is 0 Å². The molecule has 4 amide bonds. The maximum absolute atomic E-state index is 11.9. The molecule has 0 bridgehead atoms. The highest BCUT2D eigenvalue weighted by Crippen LogP contribution is 2.23. The molecule has 0 spiro atoms. The van der Waals surface area contributed by atoms with Crippen LogP contribution in [-0.4, -0.2) is 180 Å². The molecule has 10 N–H and O–H groups in total. The number of rotatable bonds is 19. The smallest absolute Gasteiger partial charge is 0.407 e. The molecule has 2 heterocycles. The van der Waals surface area contributed by atoms with E-state index in [2.05, 4.69) is 21.3 Å². The number of ether oxygens (including phenoxy) is 6. The van der Waals surface area contributed by atoms with E-state index in [0.29, 0.717) is 11.5 Å². The van der Waals surface area contributed by atoms with Crippen LogP contribution in [0.5, 0.6) is 0 Å². The third-order valence-electron chi connectivity index (χ3n) is 6.69. The number of alkyl carbamates (subject to hydrolysis) is 2. The minimum Gasteiger partial charge on any atom is -0.447 e. The summed E-state index contributed by atoms with van der Waals surface area (Å²) in [6.45, 7) is 1.15. The molecular formula is C26H46N4O16S2. The van der Waals surface area contributed by atoms with Gasteiger partial charge in [0, 0.05) is 38.4 Å². The summed E-state index contributed by atoms with van der Waals surface area (Å²) in [6.07, 6.45) is -11.8. The first-order valence-electron chi connectivity index (χ1n) is 15.0. The van der Waals surface area contributed by atoms with Gasteiger partial charge in [-0.05, 0) is 0 Å². The van der Waals surface area contributed by atoms with Crippen molar-refractivity contribution in [3.05, 3.63) is 0 Å². The van der Waals surface area contributed by atoms with Crippen LogP contribution in [-0.2, 0) is 38.0 Å². The van der Waals surface area contributed by atoms with Gasteiger partial charge in [0.05, 0.1) is 26.4 Å². The third-order valence-corrected chi connectivity index (χ3v) is 9.10. The Morgan fingerprint density at radius 1 is 0.625 bits per heavy atom. The SMILES string of the molecule is CC(=O)NC1[C@H](OCCOC(=O)NCCSSCCNC(=O)OCCO[C@@H]2OC(CO)[C@H](O)[C@H](O)C2NC(C)=O)OC(CO)[C@H](O)[C@@H]1O. The highest BCUT2D eigenvalue weighted by molar-refractivity contribution is 8.76. The molecule has 0 aromatic rings. The first-order valence-corrected chi connectivity index (χ1v) is 17.5. The summed E-state index contributed by atoms with van der Waals surface area (Å²) < 4.78 is 31.8. The Labute approximate surface area is 284 Å². The topological polar surface area (TPSA) is 293 Å². The molecule has 2 aliphatic rings. The van der Waals surface area contributed by atoms with Gasteiger partial charge in [0.15, 0.2) is 12.6 Å². The van der Waals surface area contributed by atoms with E-state index in [1.54, 1.807) is 0 Å². The molecule has 20 nitrogen and oxygen atoms in total. The molecule has 0 aromatic heterocycles. The Bertz CT molecular complexity index is 930. The zero-order valence-electron chi connectivity index (χ0n) is 26.4.